The van der Waals surface area contributed by atoms with Gasteiger partial charge in [0, 0.05) is 53.0 Å². The second-order valence-electron chi connectivity index (χ2n) is 12.5. The summed E-state index contributed by atoms with van der Waals surface area (Å²) in [7, 11) is 0. The van der Waals surface area contributed by atoms with E-state index in [1.807, 2.05) is 29.3 Å². The van der Waals surface area contributed by atoms with Gasteiger partial charge in [0.2, 0.25) is 11.6 Å². The fourth-order valence-corrected chi connectivity index (χ4v) is 6.94. The number of hydrogen-bond donors (Lipinski definition) is 1. The first-order chi connectivity index (χ1) is 23.8. The van der Waals surface area contributed by atoms with Crippen molar-refractivity contribution in [2.45, 2.75) is 32.0 Å². The number of aromatic nitrogens is 7. The van der Waals surface area contributed by atoms with Gasteiger partial charge in [0.15, 0.2) is 6.20 Å². The van der Waals surface area contributed by atoms with E-state index in [0.717, 1.165) is 22.3 Å². The molecular weight excluding hydrogens is 644 g/mol. The predicted octanol–water partition coefficient (Wildman–Crippen LogP) is 5.34. The van der Waals surface area contributed by atoms with Gasteiger partial charge in [0.25, 0.3) is 0 Å². The van der Waals surface area contributed by atoms with Gasteiger partial charge in [0.05, 0.1) is 17.4 Å². The summed E-state index contributed by atoms with van der Waals surface area (Å²) in [5, 5.41) is 39.9. The lowest BCUT2D eigenvalue weighted by Gasteiger charge is -2.19. The van der Waals surface area contributed by atoms with E-state index < -0.39 is 12.0 Å². The smallest absolute Gasteiger partial charge is 0.335 e. The van der Waals surface area contributed by atoms with Gasteiger partial charge in [-0.25, -0.2) is 4.79 Å². The average molecular weight is 673 g/mol. The zero-order chi connectivity index (χ0) is 33.6. The molecule has 1 unspecified atom stereocenters. The monoisotopic (exact) mass is 672 g/mol. The summed E-state index contributed by atoms with van der Waals surface area (Å²) in [5.41, 5.74) is 6.56. The molecule has 0 bridgehead atoms. The number of halogens is 1. The minimum atomic E-state index is -1.00. The topological polar surface area (TPSA) is 146 Å². The molecular formula is C36H29ClN8O4. The zero-order valence-corrected chi connectivity index (χ0v) is 26.8. The molecule has 8 rings (SSSR count). The maximum absolute atomic E-state index is 13.9. The van der Waals surface area contributed by atoms with E-state index in [4.69, 9.17) is 11.6 Å². The third-order valence-corrected chi connectivity index (χ3v) is 9.69. The van der Waals surface area contributed by atoms with E-state index in [0.29, 0.717) is 47.0 Å². The van der Waals surface area contributed by atoms with Crippen LogP contribution in [0.1, 0.15) is 46.1 Å². The van der Waals surface area contributed by atoms with Crippen LogP contribution in [-0.4, -0.2) is 51.9 Å². The number of tetrazole rings is 1. The highest BCUT2D eigenvalue weighted by atomic mass is 35.5. The molecule has 3 atom stereocenters. The SMILES string of the molecule is O=C(O)c1ccc(-c2cnn(C(C[C@H]3C[C@@H]3C(=O)N3Cc4ccccc4C3)c3ccc(-c4cc(Cl)ccc4-n4cnnn4)c[n+]3[O-])c2)cc1. The van der Waals surface area contributed by atoms with Gasteiger partial charge in [-0.1, -0.05) is 48.0 Å². The summed E-state index contributed by atoms with van der Waals surface area (Å²) < 4.78 is 4.12. The predicted molar refractivity (Wildman–Crippen MR) is 178 cm³/mol. The Bertz CT molecular complexity index is 2180. The van der Waals surface area contributed by atoms with Crippen LogP contribution in [0.5, 0.6) is 0 Å². The van der Waals surface area contributed by atoms with Gasteiger partial charge in [-0.15, -0.1) is 5.10 Å². The molecule has 1 fully saturated rings. The van der Waals surface area contributed by atoms with E-state index in [2.05, 4.69) is 32.8 Å². The van der Waals surface area contributed by atoms with E-state index in [1.165, 1.54) is 28.3 Å². The van der Waals surface area contributed by atoms with Crippen molar-refractivity contribution in [3.8, 4) is 27.9 Å². The number of rotatable bonds is 9. The van der Waals surface area contributed by atoms with E-state index >= 15 is 0 Å². The Morgan fingerprint density at radius 2 is 1.73 bits per heavy atom. The molecule has 0 spiro atoms. The van der Waals surface area contributed by atoms with Crippen LogP contribution in [0.3, 0.4) is 0 Å². The first-order valence-corrected chi connectivity index (χ1v) is 16.2. The molecule has 1 amide bonds. The van der Waals surface area contributed by atoms with Crippen molar-refractivity contribution < 1.29 is 19.4 Å². The highest BCUT2D eigenvalue weighted by molar-refractivity contribution is 6.31. The number of benzene rings is 3. The number of amides is 1. The Labute approximate surface area is 285 Å². The Morgan fingerprint density at radius 1 is 0.980 bits per heavy atom. The molecule has 3 aromatic carbocycles. The number of pyridine rings is 1. The summed E-state index contributed by atoms with van der Waals surface area (Å²) in [5.74, 6) is -0.913. The van der Waals surface area contributed by atoms with Crippen LogP contribution in [0, 0.1) is 17.0 Å². The van der Waals surface area contributed by atoms with Crippen LogP contribution in [-0.2, 0) is 17.9 Å². The number of aromatic carboxylic acids is 1. The lowest BCUT2D eigenvalue weighted by Crippen LogP contribution is -2.36. The number of nitrogens with zero attached hydrogens (tertiary/aromatic N) is 8. The van der Waals surface area contributed by atoms with Crippen LogP contribution in [0.25, 0.3) is 27.9 Å². The first-order valence-electron chi connectivity index (χ1n) is 15.8. The Balaban J connectivity index is 1.10. The number of hydrogen-bond acceptors (Lipinski definition) is 7. The van der Waals surface area contributed by atoms with Crippen LogP contribution >= 0.6 is 11.6 Å². The van der Waals surface area contributed by atoms with E-state index in [9.17, 15) is 19.9 Å². The molecule has 0 radical (unpaired) electrons. The summed E-state index contributed by atoms with van der Waals surface area (Å²) in [4.78, 5) is 26.9. The normalized spacial score (nSPS) is 17.1. The van der Waals surface area contributed by atoms with Crippen molar-refractivity contribution >= 4 is 23.5 Å². The molecule has 6 aromatic rings. The van der Waals surface area contributed by atoms with Crippen LogP contribution in [0.15, 0.2) is 104 Å². The first kappa shape index (κ1) is 30.5. The maximum atomic E-state index is 13.9. The van der Waals surface area contributed by atoms with Gasteiger partial charge < -0.3 is 15.2 Å². The molecule has 13 heteroatoms. The minimum absolute atomic E-state index is 0.0720. The second-order valence-corrected chi connectivity index (χ2v) is 12.9. The van der Waals surface area contributed by atoms with Gasteiger partial charge in [-0.2, -0.15) is 14.5 Å². The van der Waals surface area contributed by atoms with E-state index in [-0.39, 0.29) is 23.3 Å². The Hall–Kier alpha value is -5.88. The molecule has 1 saturated carbocycles. The van der Waals surface area contributed by atoms with E-state index in [1.54, 1.807) is 59.4 Å². The molecule has 12 nitrogen and oxygen atoms in total. The van der Waals surface area contributed by atoms with Crippen molar-refractivity contribution in [2.24, 2.45) is 11.8 Å². The third kappa shape index (κ3) is 5.91. The fourth-order valence-electron chi connectivity index (χ4n) is 6.77. The Morgan fingerprint density at radius 3 is 2.43 bits per heavy atom. The zero-order valence-electron chi connectivity index (χ0n) is 26.0. The Kier molecular flexibility index (Phi) is 7.64. The van der Waals surface area contributed by atoms with Gasteiger partial charge >= 0.3 is 5.97 Å². The van der Waals surface area contributed by atoms with Gasteiger partial charge in [-0.05, 0) is 82.3 Å². The van der Waals surface area contributed by atoms with Crippen molar-refractivity contribution in [2.75, 3.05) is 0 Å². The number of carbonyl (C=O) groups is 2. The molecule has 2 aliphatic rings. The number of fused-ring (bicyclic) bond motifs is 1. The quantitative estimate of drug-likeness (QED) is 0.160. The molecule has 1 aliphatic heterocycles. The van der Waals surface area contributed by atoms with Crippen LogP contribution < -0.4 is 4.73 Å². The van der Waals surface area contributed by atoms with Crippen molar-refractivity contribution in [1.82, 2.24) is 34.9 Å². The summed E-state index contributed by atoms with van der Waals surface area (Å²) >= 11 is 6.37. The lowest BCUT2D eigenvalue weighted by atomic mass is 10.0. The fraction of sp³-hybridized carbons (Fsp3) is 0.194. The summed E-state index contributed by atoms with van der Waals surface area (Å²) in [6.07, 6.45) is 7.81. The summed E-state index contributed by atoms with van der Waals surface area (Å²) in [6, 6.07) is 23.2. The highest BCUT2D eigenvalue weighted by Gasteiger charge is 2.47. The third-order valence-electron chi connectivity index (χ3n) is 9.46. The largest absolute Gasteiger partial charge is 0.618 e. The standard InChI is InChI=1S/C36H29ClN8O4/c37-29-10-12-32(44-21-38-40-41-44)30(15-29)26-9-11-33(45(49)20-26)34(43-19-28(16-39-43)22-5-7-23(8-6-22)36(47)48)14-27-13-31(27)35(46)42-17-24-3-1-2-4-25(24)18-42/h1-12,15-16,19-21,27,31,34H,13-14,17-18H2,(H,47,48)/t27-,31+,34?/m1/s1. The maximum Gasteiger partial charge on any atom is 0.335 e. The molecule has 49 heavy (non-hydrogen) atoms. The van der Waals surface area contributed by atoms with Crippen molar-refractivity contribution in [3.05, 3.63) is 136 Å². The molecule has 1 N–H and O–H groups in total. The number of carboxylic acids is 1. The molecule has 3 aromatic heterocycles. The molecule has 1 aliphatic carbocycles. The van der Waals surface area contributed by atoms with Crippen molar-refractivity contribution in [3.63, 3.8) is 0 Å². The van der Waals surface area contributed by atoms with Crippen molar-refractivity contribution in [1.29, 1.82) is 0 Å². The summed E-state index contributed by atoms with van der Waals surface area (Å²) in [6.45, 7) is 1.23. The lowest BCUT2D eigenvalue weighted by molar-refractivity contribution is -0.615. The van der Waals surface area contributed by atoms with Crippen LogP contribution in [0.4, 0.5) is 0 Å². The minimum Gasteiger partial charge on any atom is -0.618 e. The number of carboxylic acid groups (broad SMARTS) is 1. The van der Waals surface area contributed by atoms with Gasteiger partial charge in [0.1, 0.15) is 12.4 Å². The van der Waals surface area contributed by atoms with Gasteiger partial charge in [-0.3, -0.25) is 9.48 Å². The highest BCUT2D eigenvalue weighted by Crippen LogP contribution is 2.47. The molecule has 4 heterocycles. The second kappa shape index (κ2) is 12.3. The number of carbonyl (C=O) groups excluding carboxylic acids is 1. The van der Waals surface area contributed by atoms with Crippen LogP contribution in [0.2, 0.25) is 5.02 Å². The average Bonchev–Trinajstić information content (AvgIpc) is 3.52. The molecule has 0 saturated heterocycles. The molecule has 244 valence electrons.